The van der Waals surface area contributed by atoms with E-state index in [0.29, 0.717) is 35.5 Å². The maximum absolute atomic E-state index is 13.1. The largest absolute Gasteiger partial charge is 0.353 e. The van der Waals surface area contributed by atoms with E-state index in [1.165, 1.54) is 30.0 Å². The van der Waals surface area contributed by atoms with Gasteiger partial charge in [-0.15, -0.1) is 0 Å². The number of carbonyl (C=O) groups is 1. The van der Waals surface area contributed by atoms with Gasteiger partial charge in [-0.1, -0.05) is 18.0 Å². The number of hydrogen-bond donors (Lipinski definition) is 1. The number of likely N-dealkylation sites (tertiary alicyclic amines) is 1. The van der Waals surface area contributed by atoms with E-state index in [-0.39, 0.29) is 23.5 Å². The van der Waals surface area contributed by atoms with Gasteiger partial charge in [0.15, 0.2) is 11.5 Å². The Hall–Kier alpha value is -3.04. The van der Waals surface area contributed by atoms with Crippen LogP contribution in [0.15, 0.2) is 40.1 Å². The van der Waals surface area contributed by atoms with Crippen molar-refractivity contribution < 1.29 is 4.79 Å². The molecule has 1 N–H and O–H groups in total. The normalized spacial score (nSPS) is 16.6. The summed E-state index contributed by atoms with van der Waals surface area (Å²) in [5.41, 5.74) is -0.186. The first-order valence-electron chi connectivity index (χ1n) is 11.7. The molecule has 180 valence electrons. The van der Waals surface area contributed by atoms with Gasteiger partial charge in [0.2, 0.25) is 5.91 Å². The minimum absolute atomic E-state index is 0.189. The Morgan fingerprint density at radius 3 is 2.65 bits per heavy atom. The number of rotatable bonds is 7. The number of nitrogens with one attached hydrogen (secondary N) is 1. The Kier molecular flexibility index (Phi) is 7.43. The maximum atomic E-state index is 13.1. The van der Waals surface area contributed by atoms with Crippen molar-refractivity contribution in [1.29, 1.82) is 0 Å². The van der Waals surface area contributed by atoms with Gasteiger partial charge in [0.25, 0.3) is 5.56 Å². The number of amides is 1. The SMILES string of the molecule is CCn1c(=O)n(CC(=O)NCCN2CCCCC2C)c(=O)c2cnc(-c3ccc(Cl)cc3)nc21. The van der Waals surface area contributed by atoms with E-state index in [2.05, 4.69) is 27.1 Å². The lowest BCUT2D eigenvalue weighted by molar-refractivity contribution is -0.121. The maximum Gasteiger partial charge on any atom is 0.333 e. The van der Waals surface area contributed by atoms with E-state index in [1.807, 2.05) is 0 Å². The highest BCUT2D eigenvalue weighted by Gasteiger charge is 2.19. The summed E-state index contributed by atoms with van der Waals surface area (Å²) >= 11 is 5.95. The van der Waals surface area contributed by atoms with Crippen LogP contribution in [-0.4, -0.2) is 55.6 Å². The van der Waals surface area contributed by atoms with Gasteiger partial charge in [-0.05, 0) is 57.5 Å². The van der Waals surface area contributed by atoms with Crippen LogP contribution < -0.4 is 16.6 Å². The molecule has 1 aliphatic heterocycles. The molecule has 1 amide bonds. The van der Waals surface area contributed by atoms with E-state index < -0.39 is 11.2 Å². The zero-order valence-corrected chi connectivity index (χ0v) is 20.2. The summed E-state index contributed by atoms with van der Waals surface area (Å²) < 4.78 is 2.34. The molecule has 2 aromatic heterocycles. The lowest BCUT2D eigenvalue weighted by Crippen LogP contribution is -2.46. The third-order valence-electron chi connectivity index (χ3n) is 6.34. The molecule has 1 fully saturated rings. The number of piperidine rings is 1. The molecule has 10 heteroatoms. The second-order valence-electron chi connectivity index (χ2n) is 8.59. The van der Waals surface area contributed by atoms with Gasteiger partial charge in [0, 0.05) is 42.5 Å². The van der Waals surface area contributed by atoms with Gasteiger partial charge in [0.1, 0.15) is 11.9 Å². The summed E-state index contributed by atoms with van der Waals surface area (Å²) in [7, 11) is 0. The number of carbonyl (C=O) groups excluding carboxylic acids is 1. The lowest BCUT2D eigenvalue weighted by Gasteiger charge is -2.33. The minimum Gasteiger partial charge on any atom is -0.353 e. The standard InChI is InChI=1S/C24H29ClN6O3/c1-3-30-22-19(14-27-21(28-22)17-7-9-18(25)10-8-17)23(33)31(24(30)34)15-20(32)26-11-13-29-12-5-4-6-16(29)2/h7-10,14,16H,3-6,11-13,15H2,1-2H3,(H,26,32). The average Bonchev–Trinajstić information content (AvgIpc) is 2.83. The second-order valence-corrected chi connectivity index (χ2v) is 9.02. The smallest absolute Gasteiger partial charge is 0.333 e. The molecule has 0 aliphatic carbocycles. The third kappa shape index (κ3) is 5.05. The number of nitrogens with zero attached hydrogens (tertiary/aromatic N) is 5. The summed E-state index contributed by atoms with van der Waals surface area (Å²) in [4.78, 5) is 49.9. The van der Waals surface area contributed by atoms with E-state index >= 15 is 0 Å². The van der Waals surface area contributed by atoms with Gasteiger partial charge in [0.05, 0.1) is 0 Å². The van der Waals surface area contributed by atoms with E-state index in [1.54, 1.807) is 31.2 Å². The number of fused-ring (bicyclic) bond motifs is 1. The first-order chi connectivity index (χ1) is 16.4. The van der Waals surface area contributed by atoms with Crippen molar-refractivity contribution in [3.63, 3.8) is 0 Å². The zero-order chi connectivity index (χ0) is 24.2. The van der Waals surface area contributed by atoms with E-state index in [4.69, 9.17) is 11.6 Å². The molecule has 1 atom stereocenters. The highest BCUT2D eigenvalue weighted by atomic mass is 35.5. The Morgan fingerprint density at radius 2 is 1.94 bits per heavy atom. The molecule has 0 radical (unpaired) electrons. The number of halogens is 1. The van der Waals surface area contributed by atoms with Gasteiger partial charge in [-0.3, -0.25) is 23.6 Å². The van der Waals surface area contributed by atoms with E-state index in [0.717, 1.165) is 17.7 Å². The van der Waals surface area contributed by atoms with Crippen LogP contribution in [0.25, 0.3) is 22.4 Å². The second kappa shape index (κ2) is 10.5. The van der Waals surface area contributed by atoms with Crippen LogP contribution in [0.2, 0.25) is 5.02 Å². The molecule has 4 rings (SSSR count). The molecule has 0 saturated carbocycles. The zero-order valence-electron chi connectivity index (χ0n) is 19.5. The van der Waals surface area contributed by atoms with E-state index in [9.17, 15) is 14.4 Å². The Bertz CT molecular complexity index is 1300. The van der Waals surface area contributed by atoms with Crippen molar-refractivity contribution in [3.8, 4) is 11.4 Å². The predicted octanol–water partition coefficient (Wildman–Crippen LogP) is 2.28. The molecule has 1 aromatic carbocycles. The minimum atomic E-state index is -0.577. The third-order valence-corrected chi connectivity index (χ3v) is 6.60. The fraction of sp³-hybridized carbons (Fsp3) is 0.458. The molecule has 1 aliphatic rings. The van der Waals surface area contributed by atoms with Crippen molar-refractivity contribution >= 4 is 28.5 Å². The van der Waals surface area contributed by atoms with Gasteiger partial charge in [-0.25, -0.2) is 14.8 Å². The monoisotopic (exact) mass is 484 g/mol. The lowest BCUT2D eigenvalue weighted by atomic mass is 10.0. The van der Waals surface area contributed by atoms with Crippen LogP contribution in [0.4, 0.5) is 0 Å². The molecule has 3 aromatic rings. The Morgan fingerprint density at radius 1 is 1.18 bits per heavy atom. The summed E-state index contributed by atoms with van der Waals surface area (Å²) in [5, 5.41) is 3.62. The molecular weight excluding hydrogens is 456 g/mol. The molecule has 0 bridgehead atoms. The van der Waals surface area contributed by atoms with Gasteiger partial charge < -0.3 is 5.32 Å². The number of benzene rings is 1. The summed E-state index contributed by atoms with van der Waals surface area (Å²) in [6.45, 7) is 6.19. The molecule has 0 spiro atoms. The van der Waals surface area contributed by atoms with Crippen molar-refractivity contribution in [2.45, 2.75) is 52.2 Å². The fourth-order valence-electron chi connectivity index (χ4n) is 4.39. The molecule has 1 saturated heterocycles. The molecule has 1 unspecified atom stereocenters. The van der Waals surface area contributed by atoms with Crippen LogP contribution in [0, 0.1) is 0 Å². The summed E-state index contributed by atoms with van der Waals surface area (Å²) in [6.07, 6.45) is 4.98. The number of hydrogen-bond acceptors (Lipinski definition) is 6. The van der Waals surface area contributed by atoms with Gasteiger partial charge in [-0.2, -0.15) is 0 Å². The van der Waals surface area contributed by atoms with Crippen LogP contribution in [-0.2, 0) is 17.9 Å². The van der Waals surface area contributed by atoms with Crippen molar-refractivity contribution in [1.82, 2.24) is 29.3 Å². The highest BCUT2D eigenvalue weighted by molar-refractivity contribution is 6.30. The average molecular weight is 485 g/mol. The first kappa shape index (κ1) is 24.1. The summed E-state index contributed by atoms with van der Waals surface area (Å²) in [6, 6.07) is 7.49. The highest BCUT2D eigenvalue weighted by Crippen LogP contribution is 2.19. The Balaban J connectivity index is 1.56. The quantitative estimate of drug-likeness (QED) is 0.552. The molecular formula is C24H29ClN6O3. The molecule has 3 heterocycles. The van der Waals surface area contributed by atoms with Gasteiger partial charge >= 0.3 is 5.69 Å². The first-order valence-corrected chi connectivity index (χ1v) is 12.0. The van der Waals surface area contributed by atoms with Crippen molar-refractivity contribution in [3.05, 3.63) is 56.3 Å². The molecule has 34 heavy (non-hydrogen) atoms. The Labute approximate surface area is 202 Å². The summed E-state index contributed by atoms with van der Waals surface area (Å²) in [5.74, 6) is 0.0113. The van der Waals surface area contributed by atoms with Crippen LogP contribution >= 0.6 is 11.6 Å². The predicted molar refractivity (Wildman–Crippen MR) is 132 cm³/mol. The van der Waals surface area contributed by atoms with Crippen molar-refractivity contribution in [2.75, 3.05) is 19.6 Å². The number of aromatic nitrogens is 4. The van der Waals surface area contributed by atoms with Crippen LogP contribution in [0.1, 0.15) is 33.1 Å². The topological polar surface area (TPSA) is 102 Å². The van der Waals surface area contributed by atoms with Crippen molar-refractivity contribution in [2.24, 2.45) is 0 Å². The molecule has 9 nitrogen and oxygen atoms in total. The van der Waals surface area contributed by atoms with Crippen LogP contribution in [0.5, 0.6) is 0 Å². The number of aryl methyl sites for hydroxylation is 1. The fourth-order valence-corrected chi connectivity index (χ4v) is 4.51. The van der Waals surface area contributed by atoms with Crippen LogP contribution in [0.3, 0.4) is 0 Å².